The molecule has 1 aromatic rings. The minimum atomic E-state index is -0.849. The second-order valence-corrected chi connectivity index (χ2v) is 5.65. The van der Waals surface area contributed by atoms with E-state index in [1.54, 1.807) is 0 Å². The molecule has 0 aliphatic rings. The lowest BCUT2D eigenvalue weighted by Crippen LogP contribution is -2.43. The van der Waals surface area contributed by atoms with Gasteiger partial charge in [-0.05, 0) is 30.9 Å². The molecule has 0 spiro atoms. The summed E-state index contributed by atoms with van der Waals surface area (Å²) in [7, 11) is 0. The Labute approximate surface area is 133 Å². The number of halogens is 1. The van der Waals surface area contributed by atoms with E-state index in [1.165, 1.54) is 0 Å². The normalized spacial score (nSPS) is 11.7. The summed E-state index contributed by atoms with van der Waals surface area (Å²) in [5.41, 5.74) is 1.15. The molecule has 0 radical (unpaired) electrons. The molecule has 0 aliphatic heterocycles. The number of nitrogens with one attached hydrogen (secondary N) is 2. The van der Waals surface area contributed by atoms with Crippen molar-refractivity contribution in [2.45, 2.75) is 38.6 Å². The van der Waals surface area contributed by atoms with Crippen LogP contribution in [-0.4, -0.2) is 29.7 Å². The van der Waals surface area contributed by atoms with Gasteiger partial charge in [0.25, 0.3) is 0 Å². The lowest BCUT2D eigenvalue weighted by molar-refractivity contribution is -0.137. The lowest BCUT2D eigenvalue weighted by Gasteiger charge is -2.18. The molecular weight excluding hydrogens is 336 g/mol. The summed E-state index contributed by atoms with van der Waals surface area (Å²) in [5.74, 6) is -0.849. The Morgan fingerprint density at radius 1 is 1.33 bits per heavy atom. The maximum Gasteiger partial charge on any atom is 0.315 e. The number of benzene rings is 1. The van der Waals surface area contributed by atoms with Crippen LogP contribution in [0, 0.1) is 0 Å². The van der Waals surface area contributed by atoms with Crippen LogP contribution in [0.5, 0.6) is 0 Å². The first-order valence-electron chi connectivity index (χ1n) is 7.02. The molecule has 2 amide bonds. The van der Waals surface area contributed by atoms with Crippen LogP contribution in [0.1, 0.15) is 31.7 Å². The topological polar surface area (TPSA) is 78.4 Å². The number of carbonyl (C=O) groups is 2. The Hall–Kier alpha value is -1.56. The molecule has 1 unspecified atom stereocenters. The first-order valence-corrected chi connectivity index (χ1v) is 7.81. The van der Waals surface area contributed by atoms with Crippen LogP contribution in [0.25, 0.3) is 0 Å². The van der Waals surface area contributed by atoms with E-state index >= 15 is 0 Å². The Balaban J connectivity index is 2.38. The molecule has 6 heteroatoms. The zero-order valence-electron chi connectivity index (χ0n) is 12.1. The Kier molecular flexibility index (Phi) is 7.82. The number of hydrogen-bond acceptors (Lipinski definition) is 2. The van der Waals surface area contributed by atoms with Gasteiger partial charge in [-0.3, -0.25) is 4.79 Å². The first kappa shape index (κ1) is 17.5. The van der Waals surface area contributed by atoms with Gasteiger partial charge in [-0.25, -0.2) is 4.79 Å². The fourth-order valence-corrected chi connectivity index (χ4v) is 2.35. The summed E-state index contributed by atoms with van der Waals surface area (Å²) in [6, 6.07) is 7.73. The van der Waals surface area contributed by atoms with Gasteiger partial charge in [0, 0.05) is 23.5 Å². The number of rotatable bonds is 8. The molecule has 0 fully saturated rings. The molecule has 3 N–H and O–H groups in total. The smallest absolute Gasteiger partial charge is 0.315 e. The van der Waals surface area contributed by atoms with Crippen LogP contribution in [0.3, 0.4) is 0 Å². The molecule has 0 aromatic heterocycles. The minimum Gasteiger partial charge on any atom is -0.481 e. The van der Waals surface area contributed by atoms with E-state index in [-0.39, 0.29) is 18.5 Å². The molecule has 0 bridgehead atoms. The number of carbonyl (C=O) groups excluding carboxylic acids is 1. The van der Waals surface area contributed by atoms with Gasteiger partial charge in [0.2, 0.25) is 0 Å². The standard InChI is InChI=1S/C15H21BrN2O3/c1-2-12(10-11-6-3-4-7-13(11)16)18-15(21)17-9-5-8-14(19)20/h3-4,6-7,12H,2,5,8-10H2,1H3,(H,19,20)(H2,17,18,21). The van der Waals surface area contributed by atoms with Gasteiger partial charge in [0.15, 0.2) is 0 Å². The Morgan fingerprint density at radius 3 is 2.67 bits per heavy atom. The summed E-state index contributed by atoms with van der Waals surface area (Å²) in [4.78, 5) is 22.1. The number of carboxylic acid groups (broad SMARTS) is 1. The monoisotopic (exact) mass is 356 g/mol. The third kappa shape index (κ3) is 7.13. The van der Waals surface area contributed by atoms with E-state index in [0.29, 0.717) is 13.0 Å². The van der Waals surface area contributed by atoms with E-state index in [1.807, 2.05) is 31.2 Å². The van der Waals surface area contributed by atoms with Crippen LogP contribution in [0.2, 0.25) is 0 Å². The molecule has 0 aliphatic carbocycles. The number of carboxylic acids is 1. The Bertz CT molecular complexity index is 480. The van der Waals surface area contributed by atoms with Crippen molar-refractivity contribution in [2.24, 2.45) is 0 Å². The van der Waals surface area contributed by atoms with Gasteiger partial charge >= 0.3 is 12.0 Å². The maximum absolute atomic E-state index is 11.8. The average molecular weight is 357 g/mol. The number of amides is 2. The maximum atomic E-state index is 11.8. The van der Waals surface area contributed by atoms with Gasteiger partial charge in [-0.15, -0.1) is 0 Å². The van der Waals surface area contributed by atoms with E-state index in [4.69, 9.17) is 5.11 Å². The van der Waals surface area contributed by atoms with E-state index in [0.717, 1.165) is 22.9 Å². The van der Waals surface area contributed by atoms with Gasteiger partial charge in [0.05, 0.1) is 0 Å². The lowest BCUT2D eigenvalue weighted by atomic mass is 10.0. The number of hydrogen-bond donors (Lipinski definition) is 3. The van der Waals surface area contributed by atoms with Crippen molar-refractivity contribution >= 4 is 27.9 Å². The summed E-state index contributed by atoms with van der Waals surface area (Å²) in [6.45, 7) is 2.38. The van der Waals surface area contributed by atoms with Crippen molar-refractivity contribution in [1.82, 2.24) is 10.6 Å². The van der Waals surface area contributed by atoms with Crippen molar-refractivity contribution in [3.05, 3.63) is 34.3 Å². The highest BCUT2D eigenvalue weighted by atomic mass is 79.9. The second kappa shape index (κ2) is 9.39. The number of aliphatic carboxylic acids is 1. The van der Waals surface area contributed by atoms with Gasteiger partial charge in [0.1, 0.15) is 0 Å². The Morgan fingerprint density at radius 2 is 2.05 bits per heavy atom. The molecule has 1 aromatic carbocycles. The first-order chi connectivity index (χ1) is 10.0. The van der Waals surface area contributed by atoms with Crippen LogP contribution >= 0.6 is 15.9 Å². The summed E-state index contributed by atoms with van der Waals surface area (Å²) in [5, 5.41) is 14.1. The summed E-state index contributed by atoms with van der Waals surface area (Å²) >= 11 is 3.50. The quantitative estimate of drug-likeness (QED) is 0.626. The van der Waals surface area contributed by atoms with Gasteiger partial charge in [-0.2, -0.15) is 0 Å². The van der Waals surface area contributed by atoms with E-state index in [2.05, 4.69) is 26.6 Å². The SMILES string of the molecule is CCC(Cc1ccccc1Br)NC(=O)NCCCC(=O)O. The predicted molar refractivity (Wildman–Crippen MR) is 85.3 cm³/mol. The van der Waals surface area contributed by atoms with E-state index < -0.39 is 5.97 Å². The predicted octanol–water partition coefficient (Wildman–Crippen LogP) is 2.93. The van der Waals surface area contributed by atoms with Crippen molar-refractivity contribution < 1.29 is 14.7 Å². The molecular formula is C15H21BrN2O3. The van der Waals surface area contributed by atoms with Gasteiger partial charge < -0.3 is 15.7 Å². The molecule has 0 saturated carbocycles. The number of urea groups is 1. The third-order valence-electron chi connectivity index (χ3n) is 3.11. The molecule has 0 saturated heterocycles. The van der Waals surface area contributed by atoms with Crippen molar-refractivity contribution in [3.63, 3.8) is 0 Å². The third-order valence-corrected chi connectivity index (χ3v) is 3.88. The fraction of sp³-hybridized carbons (Fsp3) is 0.467. The molecule has 21 heavy (non-hydrogen) atoms. The van der Waals surface area contributed by atoms with Crippen molar-refractivity contribution in [3.8, 4) is 0 Å². The summed E-state index contributed by atoms with van der Waals surface area (Å²) < 4.78 is 1.03. The van der Waals surface area contributed by atoms with E-state index in [9.17, 15) is 9.59 Å². The highest BCUT2D eigenvalue weighted by Gasteiger charge is 2.12. The highest BCUT2D eigenvalue weighted by molar-refractivity contribution is 9.10. The average Bonchev–Trinajstić information content (AvgIpc) is 2.45. The zero-order chi connectivity index (χ0) is 15.7. The fourth-order valence-electron chi connectivity index (χ4n) is 1.90. The second-order valence-electron chi connectivity index (χ2n) is 4.80. The largest absolute Gasteiger partial charge is 0.481 e. The molecule has 1 rings (SSSR count). The molecule has 5 nitrogen and oxygen atoms in total. The van der Waals surface area contributed by atoms with Gasteiger partial charge in [-0.1, -0.05) is 41.1 Å². The van der Waals surface area contributed by atoms with Crippen molar-refractivity contribution in [1.29, 1.82) is 0 Å². The van der Waals surface area contributed by atoms with Crippen LogP contribution < -0.4 is 10.6 Å². The summed E-state index contributed by atoms with van der Waals surface area (Å²) in [6.07, 6.45) is 2.07. The molecule has 116 valence electrons. The van der Waals surface area contributed by atoms with Crippen molar-refractivity contribution in [2.75, 3.05) is 6.54 Å². The minimum absolute atomic E-state index is 0.0446. The molecule has 0 heterocycles. The van der Waals surface area contributed by atoms with Crippen LogP contribution in [-0.2, 0) is 11.2 Å². The zero-order valence-corrected chi connectivity index (χ0v) is 13.6. The van der Waals surface area contributed by atoms with Crippen LogP contribution in [0.15, 0.2) is 28.7 Å². The molecule has 1 atom stereocenters. The van der Waals surface area contributed by atoms with Crippen LogP contribution in [0.4, 0.5) is 4.79 Å². The highest BCUT2D eigenvalue weighted by Crippen LogP contribution is 2.18.